The molecule has 8 heteroatoms. The number of halogens is 1. The highest BCUT2D eigenvalue weighted by molar-refractivity contribution is 5.84. The number of aliphatic hydroxyl groups excluding tert-OH is 1. The van der Waals surface area contributed by atoms with Crippen molar-refractivity contribution >= 4 is 22.9 Å². The first kappa shape index (κ1) is 20.0. The molecule has 2 atom stereocenters. The maximum absolute atomic E-state index is 13.5. The van der Waals surface area contributed by atoms with Crippen LogP contribution in [0.5, 0.6) is 0 Å². The third kappa shape index (κ3) is 4.39. The van der Waals surface area contributed by atoms with Gasteiger partial charge in [-0.05, 0) is 44.9 Å². The van der Waals surface area contributed by atoms with Crippen molar-refractivity contribution < 1.29 is 9.50 Å². The van der Waals surface area contributed by atoms with Crippen LogP contribution in [0.1, 0.15) is 45.7 Å². The van der Waals surface area contributed by atoms with Gasteiger partial charge in [0.2, 0.25) is 5.95 Å². The summed E-state index contributed by atoms with van der Waals surface area (Å²) in [7, 11) is 0. The van der Waals surface area contributed by atoms with E-state index in [4.69, 9.17) is 0 Å². The maximum Gasteiger partial charge on any atom is 0.227 e. The number of aromatic nitrogens is 4. The molecule has 150 valence electrons. The van der Waals surface area contributed by atoms with Crippen LogP contribution in [0.15, 0.2) is 30.6 Å². The number of hydrogen-bond acceptors (Lipinski definition) is 6. The van der Waals surface area contributed by atoms with Gasteiger partial charge >= 0.3 is 0 Å². The van der Waals surface area contributed by atoms with E-state index in [0.717, 1.165) is 12.0 Å². The minimum absolute atomic E-state index is 0.163. The maximum atomic E-state index is 13.5. The lowest BCUT2D eigenvalue weighted by Gasteiger charge is -2.20. The van der Waals surface area contributed by atoms with Crippen LogP contribution >= 0.6 is 0 Å². The van der Waals surface area contributed by atoms with E-state index in [2.05, 4.69) is 39.4 Å². The molecule has 0 spiro atoms. The largest absolute Gasteiger partial charge is 0.391 e. The fourth-order valence-electron chi connectivity index (χ4n) is 3.04. The average Bonchev–Trinajstić information content (AvgIpc) is 3.08. The minimum Gasteiger partial charge on any atom is -0.391 e. The molecular formula is C20H27FN6O. The molecule has 28 heavy (non-hydrogen) atoms. The number of imidazole rings is 1. The molecule has 0 radical (unpaired) electrons. The van der Waals surface area contributed by atoms with Gasteiger partial charge in [-0.3, -0.25) is 0 Å². The van der Waals surface area contributed by atoms with Crippen molar-refractivity contribution in [2.45, 2.75) is 58.8 Å². The van der Waals surface area contributed by atoms with Gasteiger partial charge in [-0.25, -0.2) is 9.37 Å². The van der Waals surface area contributed by atoms with Crippen LogP contribution in [0.4, 0.5) is 16.2 Å². The molecule has 0 saturated heterocycles. The summed E-state index contributed by atoms with van der Waals surface area (Å²) in [4.78, 5) is 13.7. The Morgan fingerprint density at radius 3 is 2.64 bits per heavy atom. The van der Waals surface area contributed by atoms with Crippen molar-refractivity contribution in [1.82, 2.24) is 19.5 Å². The van der Waals surface area contributed by atoms with Gasteiger partial charge in [0.25, 0.3) is 0 Å². The molecule has 0 aliphatic heterocycles. The van der Waals surface area contributed by atoms with E-state index >= 15 is 0 Å². The molecule has 3 aromatic rings. The van der Waals surface area contributed by atoms with Crippen LogP contribution in [-0.2, 0) is 6.54 Å². The predicted molar refractivity (Wildman–Crippen MR) is 109 cm³/mol. The monoisotopic (exact) mass is 386 g/mol. The third-order valence-corrected chi connectivity index (χ3v) is 4.66. The number of fused-ring (bicyclic) bond motifs is 1. The van der Waals surface area contributed by atoms with Gasteiger partial charge in [-0.1, -0.05) is 19.1 Å². The van der Waals surface area contributed by atoms with Gasteiger partial charge in [0.05, 0.1) is 18.5 Å². The molecule has 3 N–H and O–H groups in total. The highest BCUT2D eigenvalue weighted by atomic mass is 19.1. The lowest BCUT2D eigenvalue weighted by molar-refractivity contribution is 0.169. The summed E-state index contributed by atoms with van der Waals surface area (Å²) in [5.41, 5.74) is 2.16. The minimum atomic E-state index is -0.539. The van der Waals surface area contributed by atoms with Gasteiger partial charge in [0.15, 0.2) is 17.0 Å². The van der Waals surface area contributed by atoms with Crippen molar-refractivity contribution in [2.75, 3.05) is 10.6 Å². The first-order valence-corrected chi connectivity index (χ1v) is 9.56. The van der Waals surface area contributed by atoms with Crippen molar-refractivity contribution in [1.29, 1.82) is 0 Å². The standard InChI is InChI=1S/C20H27FN6O/c1-5-16(13(4)28)24-20-25-18(22-10-14-7-6-8-15(21)9-14)17-19(26-20)27(11-23-17)12(2)3/h6-9,11-13,16,28H,5,10H2,1-4H3,(H2,22,24,25,26)/t13?,16-/m0/s1. The molecule has 0 aliphatic carbocycles. The Kier molecular flexibility index (Phi) is 6.08. The number of nitrogens with zero attached hydrogens (tertiary/aromatic N) is 4. The third-order valence-electron chi connectivity index (χ3n) is 4.66. The number of rotatable bonds is 8. The second-order valence-corrected chi connectivity index (χ2v) is 7.20. The van der Waals surface area contributed by atoms with Crippen LogP contribution in [0, 0.1) is 5.82 Å². The Bertz CT molecular complexity index is 940. The summed E-state index contributed by atoms with van der Waals surface area (Å²) in [6.07, 6.45) is 1.94. The van der Waals surface area contributed by atoms with E-state index in [1.165, 1.54) is 12.1 Å². The quantitative estimate of drug-likeness (QED) is 0.547. The first-order valence-electron chi connectivity index (χ1n) is 9.56. The second-order valence-electron chi connectivity index (χ2n) is 7.20. The van der Waals surface area contributed by atoms with Crippen LogP contribution in [0.2, 0.25) is 0 Å². The van der Waals surface area contributed by atoms with Gasteiger partial charge in [-0.15, -0.1) is 0 Å². The predicted octanol–water partition coefficient (Wildman–Crippen LogP) is 3.73. The summed E-state index contributed by atoms with van der Waals surface area (Å²) in [6, 6.07) is 6.45. The highest BCUT2D eigenvalue weighted by Crippen LogP contribution is 2.24. The lowest BCUT2D eigenvalue weighted by atomic mass is 10.1. The Morgan fingerprint density at radius 2 is 2.00 bits per heavy atom. The van der Waals surface area contributed by atoms with Gasteiger partial charge in [0, 0.05) is 12.6 Å². The zero-order valence-corrected chi connectivity index (χ0v) is 16.6. The van der Waals surface area contributed by atoms with Crippen LogP contribution in [0.25, 0.3) is 11.2 Å². The van der Waals surface area contributed by atoms with Gasteiger partial charge < -0.3 is 20.3 Å². The number of anilines is 2. The molecule has 0 aliphatic rings. The highest BCUT2D eigenvalue weighted by Gasteiger charge is 2.18. The summed E-state index contributed by atoms with van der Waals surface area (Å²) in [5, 5.41) is 16.4. The number of nitrogens with one attached hydrogen (secondary N) is 2. The fourth-order valence-corrected chi connectivity index (χ4v) is 3.04. The molecule has 2 aromatic heterocycles. The average molecular weight is 386 g/mol. The van der Waals surface area contributed by atoms with Crippen molar-refractivity contribution in [3.05, 3.63) is 42.0 Å². The number of aliphatic hydroxyl groups is 1. The molecule has 7 nitrogen and oxygen atoms in total. The lowest BCUT2D eigenvalue weighted by Crippen LogP contribution is -2.31. The normalized spacial score (nSPS) is 13.7. The first-order chi connectivity index (χ1) is 13.4. The summed E-state index contributed by atoms with van der Waals surface area (Å²) in [6.45, 7) is 8.25. The van der Waals surface area contributed by atoms with E-state index in [-0.39, 0.29) is 17.9 Å². The summed E-state index contributed by atoms with van der Waals surface area (Å²) >= 11 is 0. The molecular weight excluding hydrogens is 359 g/mol. The molecule has 0 fully saturated rings. The molecule has 1 aromatic carbocycles. The van der Waals surface area contributed by atoms with Crippen LogP contribution < -0.4 is 10.6 Å². The van der Waals surface area contributed by atoms with Crippen molar-refractivity contribution in [3.8, 4) is 0 Å². The molecule has 1 unspecified atom stereocenters. The fraction of sp³-hybridized carbons (Fsp3) is 0.450. The summed E-state index contributed by atoms with van der Waals surface area (Å²) in [5.74, 6) is 0.710. The molecule has 2 heterocycles. The van der Waals surface area contributed by atoms with E-state index in [1.54, 1.807) is 19.3 Å². The smallest absolute Gasteiger partial charge is 0.227 e. The van der Waals surface area contributed by atoms with E-state index in [1.807, 2.05) is 17.6 Å². The SMILES string of the molecule is CC[C@H](Nc1nc(NCc2cccc(F)c2)c2ncn(C(C)C)c2n1)C(C)O. The Balaban J connectivity index is 1.96. The van der Waals surface area contributed by atoms with Crippen LogP contribution in [-0.4, -0.2) is 36.8 Å². The van der Waals surface area contributed by atoms with E-state index in [0.29, 0.717) is 29.5 Å². The molecule has 0 bridgehead atoms. The number of benzene rings is 1. The zero-order valence-electron chi connectivity index (χ0n) is 16.6. The molecule has 0 saturated carbocycles. The number of hydrogen-bond donors (Lipinski definition) is 3. The second kappa shape index (κ2) is 8.52. The Labute approximate surface area is 164 Å². The molecule has 3 rings (SSSR count). The summed E-state index contributed by atoms with van der Waals surface area (Å²) < 4.78 is 15.4. The van der Waals surface area contributed by atoms with Crippen molar-refractivity contribution in [3.63, 3.8) is 0 Å². The Hall–Kier alpha value is -2.74. The topological polar surface area (TPSA) is 87.9 Å². The zero-order chi connectivity index (χ0) is 20.3. The Morgan fingerprint density at radius 1 is 1.21 bits per heavy atom. The van der Waals surface area contributed by atoms with Gasteiger partial charge in [0.1, 0.15) is 5.82 Å². The molecule has 0 amide bonds. The van der Waals surface area contributed by atoms with E-state index in [9.17, 15) is 9.50 Å². The van der Waals surface area contributed by atoms with Crippen molar-refractivity contribution in [2.24, 2.45) is 0 Å². The van der Waals surface area contributed by atoms with Gasteiger partial charge in [-0.2, -0.15) is 9.97 Å². The van der Waals surface area contributed by atoms with Crippen LogP contribution in [0.3, 0.4) is 0 Å². The van der Waals surface area contributed by atoms with E-state index < -0.39 is 6.10 Å².